The van der Waals surface area contributed by atoms with E-state index in [1.54, 1.807) is 39.0 Å². The highest BCUT2D eigenvalue weighted by Crippen LogP contribution is 2.24. The Morgan fingerprint density at radius 3 is 2.54 bits per heavy atom. The molecule has 0 bridgehead atoms. The van der Waals surface area contributed by atoms with Crippen LogP contribution in [0.25, 0.3) is 0 Å². The molecule has 2 rings (SSSR count). The van der Waals surface area contributed by atoms with Crippen LogP contribution in [0.5, 0.6) is 11.5 Å². The molecule has 26 heavy (non-hydrogen) atoms. The van der Waals surface area contributed by atoms with Gasteiger partial charge in [-0.1, -0.05) is 23.7 Å². The van der Waals surface area contributed by atoms with Crippen LogP contribution in [-0.2, 0) is 11.2 Å². The van der Waals surface area contributed by atoms with E-state index in [-0.39, 0.29) is 0 Å². The predicted octanol–water partition coefficient (Wildman–Crippen LogP) is 5.97. The van der Waals surface area contributed by atoms with Crippen LogP contribution < -0.4 is 9.47 Å². The first-order valence-corrected chi connectivity index (χ1v) is 8.99. The molecule has 0 N–H and O–H groups in total. The van der Waals surface area contributed by atoms with Crippen LogP contribution >= 0.6 is 11.6 Å². The molecule has 0 atom stereocenters. The maximum Gasteiger partial charge on any atom is 0.514 e. The Labute approximate surface area is 160 Å². The molecule has 0 radical (unpaired) electrons. The normalized spacial score (nSPS) is 11.1. The minimum atomic E-state index is -0.716. The van der Waals surface area contributed by atoms with Gasteiger partial charge in [0.05, 0.1) is 6.61 Å². The lowest BCUT2D eigenvalue weighted by Gasteiger charge is -2.19. The third-order valence-electron chi connectivity index (χ3n) is 3.49. The highest BCUT2D eigenvalue weighted by molar-refractivity contribution is 6.30. The molecule has 5 heteroatoms. The molecule has 0 unspecified atom stereocenters. The van der Waals surface area contributed by atoms with Crippen molar-refractivity contribution in [1.82, 2.24) is 0 Å². The standard InChI is InChI=1S/C21H25ClO4/c1-15-13-18(25-20(23)26-21(2,3)4)10-11-19(15)24-12-6-8-16-7-5-9-17(22)14-16/h5,7,9-11,13-14H,6,8,12H2,1-4H3. The molecule has 0 saturated heterocycles. The average molecular weight is 377 g/mol. The summed E-state index contributed by atoms with van der Waals surface area (Å²) in [5.74, 6) is 1.20. The Morgan fingerprint density at radius 2 is 1.88 bits per heavy atom. The van der Waals surface area contributed by atoms with Crippen molar-refractivity contribution in [2.45, 2.75) is 46.1 Å². The van der Waals surface area contributed by atoms with E-state index in [2.05, 4.69) is 6.07 Å². The van der Waals surface area contributed by atoms with Gasteiger partial charge < -0.3 is 14.2 Å². The second kappa shape index (κ2) is 8.95. The lowest BCUT2D eigenvalue weighted by atomic mass is 10.1. The molecule has 0 aliphatic rings. The molecular formula is C21H25ClO4. The number of carbonyl (C=O) groups is 1. The SMILES string of the molecule is Cc1cc(OC(=O)OC(C)(C)C)ccc1OCCCc1cccc(Cl)c1. The monoisotopic (exact) mass is 376 g/mol. The number of carbonyl (C=O) groups excluding carboxylic acids is 1. The Morgan fingerprint density at radius 1 is 1.12 bits per heavy atom. The van der Waals surface area contributed by atoms with Crippen LogP contribution in [0.3, 0.4) is 0 Å². The molecule has 0 aliphatic heterocycles. The third kappa shape index (κ3) is 6.96. The van der Waals surface area contributed by atoms with Crippen molar-refractivity contribution in [1.29, 1.82) is 0 Å². The molecule has 0 spiro atoms. The summed E-state index contributed by atoms with van der Waals surface area (Å²) >= 11 is 5.98. The molecule has 4 nitrogen and oxygen atoms in total. The van der Waals surface area contributed by atoms with Crippen molar-refractivity contribution in [3.63, 3.8) is 0 Å². The van der Waals surface area contributed by atoms with Crippen LogP contribution in [-0.4, -0.2) is 18.4 Å². The van der Waals surface area contributed by atoms with Gasteiger partial charge in [-0.05, 0) is 82.0 Å². The molecule has 0 saturated carbocycles. The zero-order valence-electron chi connectivity index (χ0n) is 15.7. The van der Waals surface area contributed by atoms with E-state index in [1.807, 2.05) is 25.1 Å². The van der Waals surface area contributed by atoms with E-state index < -0.39 is 11.8 Å². The Balaban J connectivity index is 1.82. The van der Waals surface area contributed by atoms with E-state index in [0.29, 0.717) is 12.4 Å². The number of rotatable bonds is 6. The van der Waals surface area contributed by atoms with Gasteiger partial charge in [0, 0.05) is 5.02 Å². The molecule has 0 aliphatic carbocycles. The van der Waals surface area contributed by atoms with Gasteiger partial charge in [0.1, 0.15) is 17.1 Å². The lowest BCUT2D eigenvalue weighted by molar-refractivity contribution is 0.0206. The summed E-state index contributed by atoms with van der Waals surface area (Å²) in [4.78, 5) is 11.7. The summed E-state index contributed by atoms with van der Waals surface area (Å²) in [6.45, 7) is 7.88. The van der Waals surface area contributed by atoms with Gasteiger partial charge in [-0.3, -0.25) is 0 Å². The minimum Gasteiger partial charge on any atom is -0.493 e. The van der Waals surface area contributed by atoms with Gasteiger partial charge in [-0.25, -0.2) is 4.79 Å². The first-order chi connectivity index (χ1) is 12.2. The Kier molecular flexibility index (Phi) is 6.92. The summed E-state index contributed by atoms with van der Waals surface area (Å²) in [6.07, 6.45) is 1.07. The quantitative estimate of drug-likeness (QED) is 0.353. The first kappa shape index (κ1) is 20.1. The van der Waals surface area contributed by atoms with Gasteiger partial charge in [0.2, 0.25) is 0 Å². The van der Waals surface area contributed by atoms with Crippen molar-refractivity contribution in [2.24, 2.45) is 0 Å². The number of aryl methyl sites for hydroxylation is 2. The van der Waals surface area contributed by atoms with E-state index in [9.17, 15) is 4.79 Å². The highest BCUT2D eigenvalue weighted by Gasteiger charge is 2.18. The van der Waals surface area contributed by atoms with Gasteiger partial charge >= 0.3 is 6.16 Å². The second-order valence-corrected chi connectivity index (χ2v) is 7.51. The summed E-state index contributed by atoms with van der Waals surface area (Å²) in [7, 11) is 0. The molecule has 0 fully saturated rings. The van der Waals surface area contributed by atoms with Crippen LogP contribution in [0.15, 0.2) is 42.5 Å². The zero-order valence-corrected chi connectivity index (χ0v) is 16.4. The van der Waals surface area contributed by atoms with E-state index in [1.165, 1.54) is 5.56 Å². The van der Waals surface area contributed by atoms with Gasteiger partial charge in [0.15, 0.2) is 0 Å². The minimum absolute atomic E-state index is 0.433. The third-order valence-corrected chi connectivity index (χ3v) is 3.73. The summed E-state index contributed by atoms with van der Waals surface area (Å²) in [6, 6.07) is 13.1. The topological polar surface area (TPSA) is 44.8 Å². The smallest absolute Gasteiger partial charge is 0.493 e. The van der Waals surface area contributed by atoms with Crippen molar-refractivity contribution < 1.29 is 19.0 Å². The number of benzene rings is 2. The molecule has 0 aromatic heterocycles. The summed E-state index contributed by atoms with van der Waals surface area (Å²) in [5.41, 5.74) is 1.51. The fourth-order valence-corrected chi connectivity index (χ4v) is 2.58. The van der Waals surface area contributed by atoms with Crippen molar-refractivity contribution in [3.8, 4) is 11.5 Å². The number of hydrogen-bond acceptors (Lipinski definition) is 4. The molecule has 140 valence electrons. The number of ether oxygens (including phenoxy) is 3. The van der Waals surface area contributed by atoms with Crippen LogP contribution in [0.2, 0.25) is 5.02 Å². The molecule has 2 aromatic carbocycles. The second-order valence-electron chi connectivity index (χ2n) is 7.08. The maximum atomic E-state index is 11.7. The first-order valence-electron chi connectivity index (χ1n) is 8.62. The molecular weight excluding hydrogens is 352 g/mol. The fraction of sp³-hybridized carbons (Fsp3) is 0.381. The van der Waals surface area contributed by atoms with E-state index >= 15 is 0 Å². The highest BCUT2D eigenvalue weighted by atomic mass is 35.5. The largest absolute Gasteiger partial charge is 0.514 e. The molecule has 0 amide bonds. The van der Waals surface area contributed by atoms with Gasteiger partial charge in [-0.2, -0.15) is 0 Å². The molecule has 2 aromatic rings. The Hall–Kier alpha value is -2.20. The lowest BCUT2D eigenvalue weighted by Crippen LogP contribution is -2.25. The van der Waals surface area contributed by atoms with Crippen molar-refractivity contribution in [2.75, 3.05) is 6.61 Å². The summed E-state index contributed by atoms with van der Waals surface area (Å²) < 4.78 is 16.2. The van der Waals surface area contributed by atoms with Crippen molar-refractivity contribution in [3.05, 3.63) is 58.6 Å². The van der Waals surface area contributed by atoms with Gasteiger partial charge in [-0.15, -0.1) is 0 Å². The van der Waals surface area contributed by atoms with Crippen LogP contribution in [0, 0.1) is 6.92 Å². The van der Waals surface area contributed by atoms with Crippen LogP contribution in [0.1, 0.15) is 38.3 Å². The van der Waals surface area contributed by atoms with Crippen molar-refractivity contribution >= 4 is 17.8 Å². The number of hydrogen-bond donors (Lipinski definition) is 0. The zero-order chi connectivity index (χ0) is 19.2. The summed E-state index contributed by atoms with van der Waals surface area (Å²) in [5, 5.41) is 0.750. The van der Waals surface area contributed by atoms with Crippen LogP contribution in [0.4, 0.5) is 4.79 Å². The molecule has 0 heterocycles. The Bertz CT molecular complexity index is 750. The fourth-order valence-electron chi connectivity index (χ4n) is 2.37. The van der Waals surface area contributed by atoms with E-state index in [0.717, 1.165) is 29.2 Å². The van der Waals surface area contributed by atoms with E-state index in [4.69, 9.17) is 25.8 Å². The maximum absolute atomic E-state index is 11.7. The average Bonchev–Trinajstić information content (AvgIpc) is 2.51. The van der Waals surface area contributed by atoms with Gasteiger partial charge in [0.25, 0.3) is 0 Å². The number of halogens is 1. The predicted molar refractivity (Wildman–Crippen MR) is 103 cm³/mol.